The molecule has 2 heterocycles. The number of anilines is 1. The van der Waals surface area contributed by atoms with Crippen LogP contribution in [0.15, 0.2) is 30.6 Å². The third-order valence-corrected chi connectivity index (χ3v) is 5.08. The van der Waals surface area contributed by atoms with Crippen LogP contribution in [0.2, 0.25) is 0 Å². The van der Waals surface area contributed by atoms with Gasteiger partial charge in [0.25, 0.3) is 0 Å². The fraction of sp³-hybridized carbons (Fsp3) is 0.500. The SMILES string of the molecule is CCC1CCCCN1c1ncnc(Oc2ccc(C(C)C)cc2)c1[N+](=O)[O-]. The zero-order chi connectivity index (χ0) is 19.4. The molecule has 0 amide bonds. The van der Waals surface area contributed by atoms with E-state index in [4.69, 9.17) is 4.74 Å². The van der Waals surface area contributed by atoms with Crippen LogP contribution in [0, 0.1) is 10.1 Å². The summed E-state index contributed by atoms with van der Waals surface area (Å²) >= 11 is 0. The van der Waals surface area contributed by atoms with E-state index in [1.54, 1.807) is 0 Å². The summed E-state index contributed by atoms with van der Waals surface area (Å²) in [6.45, 7) is 7.09. The second kappa shape index (κ2) is 8.33. The predicted octanol–water partition coefficient (Wildman–Crippen LogP) is 5.07. The summed E-state index contributed by atoms with van der Waals surface area (Å²) in [5.41, 5.74) is 1.02. The first-order valence-electron chi connectivity index (χ1n) is 9.55. The van der Waals surface area contributed by atoms with Crippen molar-refractivity contribution >= 4 is 11.5 Å². The van der Waals surface area contributed by atoms with E-state index in [1.807, 2.05) is 29.2 Å². The molecule has 3 rings (SSSR count). The maximum atomic E-state index is 11.8. The number of aromatic nitrogens is 2. The van der Waals surface area contributed by atoms with Gasteiger partial charge in [0.2, 0.25) is 5.82 Å². The molecular formula is C20H26N4O3. The number of rotatable bonds is 6. The van der Waals surface area contributed by atoms with Crippen molar-refractivity contribution in [1.29, 1.82) is 0 Å². The fourth-order valence-corrected chi connectivity index (χ4v) is 3.53. The van der Waals surface area contributed by atoms with Gasteiger partial charge in [-0.05, 0) is 49.3 Å². The first-order chi connectivity index (χ1) is 13.0. The smallest absolute Gasteiger partial charge is 0.373 e. The van der Waals surface area contributed by atoms with Gasteiger partial charge in [-0.1, -0.05) is 32.9 Å². The lowest BCUT2D eigenvalue weighted by atomic mass is 10.00. The highest BCUT2D eigenvalue weighted by molar-refractivity contribution is 5.64. The minimum atomic E-state index is -0.436. The van der Waals surface area contributed by atoms with Crippen molar-refractivity contribution in [1.82, 2.24) is 9.97 Å². The molecule has 1 aromatic heterocycles. The molecule has 1 aromatic carbocycles. The molecule has 0 aliphatic carbocycles. The van der Waals surface area contributed by atoms with Crippen LogP contribution in [0.4, 0.5) is 11.5 Å². The Morgan fingerprint density at radius 3 is 2.63 bits per heavy atom. The van der Waals surface area contributed by atoms with Crippen molar-refractivity contribution in [2.24, 2.45) is 0 Å². The summed E-state index contributed by atoms with van der Waals surface area (Å²) in [5.74, 6) is 1.28. The van der Waals surface area contributed by atoms with E-state index in [0.717, 1.165) is 32.2 Å². The second-order valence-electron chi connectivity index (χ2n) is 7.19. The molecule has 7 nitrogen and oxygen atoms in total. The number of ether oxygens (including phenoxy) is 1. The highest BCUT2D eigenvalue weighted by Crippen LogP contribution is 2.38. The Morgan fingerprint density at radius 1 is 1.26 bits per heavy atom. The number of piperidine rings is 1. The minimum Gasteiger partial charge on any atom is -0.434 e. The topological polar surface area (TPSA) is 81.4 Å². The van der Waals surface area contributed by atoms with E-state index < -0.39 is 4.92 Å². The zero-order valence-electron chi connectivity index (χ0n) is 16.1. The Bertz CT molecular complexity index is 792. The first-order valence-corrected chi connectivity index (χ1v) is 9.55. The molecule has 0 spiro atoms. The maximum absolute atomic E-state index is 11.8. The predicted molar refractivity (Wildman–Crippen MR) is 105 cm³/mol. The van der Waals surface area contributed by atoms with Gasteiger partial charge in [-0.3, -0.25) is 10.1 Å². The molecule has 0 bridgehead atoms. The first kappa shape index (κ1) is 19.1. The standard InChI is InChI=1S/C20H26N4O3/c1-4-16-7-5-6-12-23(16)19-18(24(25)26)20(22-13-21-19)27-17-10-8-15(9-11-17)14(2)3/h8-11,13-14,16H,4-7,12H2,1-3H3. The minimum absolute atomic E-state index is 0.0114. The van der Waals surface area contributed by atoms with E-state index in [2.05, 4.69) is 30.7 Å². The summed E-state index contributed by atoms with van der Waals surface area (Å²) in [5, 5.41) is 11.8. The molecule has 27 heavy (non-hydrogen) atoms. The number of nitro groups is 1. The largest absolute Gasteiger partial charge is 0.434 e. The molecule has 1 aliphatic rings. The molecule has 0 saturated carbocycles. The molecule has 1 aliphatic heterocycles. The molecular weight excluding hydrogens is 344 g/mol. The van der Waals surface area contributed by atoms with Crippen LogP contribution in [0.5, 0.6) is 11.6 Å². The maximum Gasteiger partial charge on any atom is 0.373 e. The second-order valence-corrected chi connectivity index (χ2v) is 7.19. The summed E-state index contributed by atoms with van der Waals surface area (Å²) in [6.07, 6.45) is 5.43. The summed E-state index contributed by atoms with van der Waals surface area (Å²) in [6, 6.07) is 7.82. The average Bonchev–Trinajstić information content (AvgIpc) is 2.68. The molecule has 0 radical (unpaired) electrons. The van der Waals surface area contributed by atoms with Gasteiger partial charge in [0.1, 0.15) is 12.1 Å². The molecule has 7 heteroatoms. The van der Waals surface area contributed by atoms with Crippen LogP contribution < -0.4 is 9.64 Å². The summed E-state index contributed by atoms with van der Waals surface area (Å²) in [7, 11) is 0. The van der Waals surface area contributed by atoms with Crippen LogP contribution >= 0.6 is 0 Å². The van der Waals surface area contributed by atoms with Gasteiger partial charge in [0, 0.05) is 12.6 Å². The zero-order valence-corrected chi connectivity index (χ0v) is 16.1. The molecule has 1 unspecified atom stereocenters. The van der Waals surface area contributed by atoms with Gasteiger partial charge in [-0.2, -0.15) is 4.98 Å². The van der Waals surface area contributed by atoms with Gasteiger partial charge in [0.05, 0.1) is 4.92 Å². The van der Waals surface area contributed by atoms with Crippen LogP contribution in [0.3, 0.4) is 0 Å². The summed E-state index contributed by atoms with van der Waals surface area (Å²) in [4.78, 5) is 21.7. The van der Waals surface area contributed by atoms with Gasteiger partial charge < -0.3 is 9.64 Å². The lowest BCUT2D eigenvalue weighted by molar-refractivity contribution is -0.385. The summed E-state index contributed by atoms with van der Waals surface area (Å²) < 4.78 is 5.79. The van der Waals surface area contributed by atoms with E-state index in [0.29, 0.717) is 17.5 Å². The van der Waals surface area contributed by atoms with Gasteiger partial charge in [-0.25, -0.2) is 4.98 Å². The van der Waals surface area contributed by atoms with Crippen LogP contribution in [-0.4, -0.2) is 27.5 Å². The molecule has 2 aromatic rings. The van der Waals surface area contributed by atoms with Gasteiger partial charge in [0.15, 0.2) is 0 Å². The number of hydrogen-bond donors (Lipinski definition) is 0. The Labute approximate surface area is 159 Å². The Kier molecular flexibility index (Phi) is 5.88. The van der Waals surface area contributed by atoms with E-state index >= 15 is 0 Å². The van der Waals surface area contributed by atoms with Crippen molar-refractivity contribution in [3.05, 3.63) is 46.3 Å². The molecule has 1 saturated heterocycles. The van der Waals surface area contributed by atoms with Crippen molar-refractivity contribution in [3.63, 3.8) is 0 Å². The Hall–Kier alpha value is -2.70. The third kappa shape index (κ3) is 4.18. The lowest BCUT2D eigenvalue weighted by Gasteiger charge is -2.35. The van der Waals surface area contributed by atoms with Gasteiger partial charge >= 0.3 is 11.6 Å². The molecule has 0 N–H and O–H groups in total. The monoisotopic (exact) mass is 370 g/mol. The van der Waals surface area contributed by atoms with Gasteiger partial charge in [-0.15, -0.1) is 0 Å². The van der Waals surface area contributed by atoms with Crippen LogP contribution in [0.25, 0.3) is 0 Å². The van der Waals surface area contributed by atoms with Crippen LogP contribution in [-0.2, 0) is 0 Å². The van der Waals surface area contributed by atoms with E-state index in [1.165, 1.54) is 11.9 Å². The van der Waals surface area contributed by atoms with Crippen LogP contribution in [0.1, 0.15) is 57.9 Å². The van der Waals surface area contributed by atoms with E-state index in [-0.39, 0.29) is 17.6 Å². The normalized spacial score (nSPS) is 17.2. The Morgan fingerprint density at radius 2 is 2.00 bits per heavy atom. The molecule has 1 fully saturated rings. The average molecular weight is 370 g/mol. The van der Waals surface area contributed by atoms with Crippen molar-refractivity contribution < 1.29 is 9.66 Å². The number of benzene rings is 1. The molecule has 144 valence electrons. The van der Waals surface area contributed by atoms with Crippen molar-refractivity contribution in [2.45, 2.75) is 58.4 Å². The quantitative estimate of drug-likeness (QED) is 0.521. The highest BCUT2D eigenvalue weighted by atomic mass is 16.6. The highest BCUT2D eigenvalue weighted by Gasteiger charge is 2.32. The fourth-order valence-electron chi connectivity index (χ4n) is 3.53. The number of nitrogens with zero attached hydrogens (tertiary/aromatic N) is 4. The van der Waals surface area contributed by atoms with Crippen molar-refractivity contribution in [3.8, 4) is 11.6 Å². The lowest BCUT2D eigenvalue weighted by Crippen LogP contribution is -2.40. The van der Waals surface area contributed by atoms with E-state index in [9.17, 15) is 10.1 Å². The Balaban J connectivity index is 1.95. The molecule has 1 atom stereocenters. The third-order valence-electron chi connectivity index (χ3n) is 5.08. The van der Waals surface area contributed by atoms with Crippen molar-refractivity contribution in [2.75, 3.05) is 11.4 Å². The number of hydrogen-bond acceptors (Lipinski definition) is 6.